The van der Waals surface area contributed by atoms with E-state index in [1.165, 1.54) is 11.3 Å². The highest BCUT2D eigenvalue weighted by atomic mass is 32.1. The highest BCUT2D eigenvalue weighted by Gasteiger charge is 2.46. The van der Waals surface area contributed by atoms with Gasteiger partial charge in [0.15, 0.2) is 11.5 Å². The molecule has 2 fully saturated rings. The van der Waals surface area contributed by atoms with Crippen LogP contribution in [0.1, 0.15) is 27.6 Å². The minimum atomic E-state index is 0.0462. The molecule has 0 N–H and O–H groups in total. The minimum absolute atomic E-state index is 0.0462. The van der Waals surface area contributed by atoms with Crippen molar-refractivity contribution in [1.82, 2.24) is 9.80 Å². The normalized spacial score (nSPS) is 23.4. The molecule has 1 aromatic heterocycles. The van der Waals surface area contributed by atoms with Crippen LogP contribution in [0.2, 0.25) is 0 Å². The average molecular weight is 384 g/mol. The van der Waals surface area contributed by atoms with Crippen LogP contribution in [-0.4, -0.2) is 54.6 Å². The summed E-state index contributed by atoms with van der Waals surface area (Å²) < 4.78 is 10.8. The van der Waals surface area contributed by atoms with Gasteiger partial charge in [0.05, 0.1) is 4.88 Å². The Morgan fingerprint density at radius 2 is 1.78 bits per heavy atom. The molecule has 2 atom stereocenters. The van der Waals surface area contributed by atoms with E-state index in [4.69, 9.17) is 9.47 Å². The molecule has 1 saturated heterocycles. The monoisotopic (exact) mass is 384 g/mol. The number of hydrogen-bond acceptors (Lipinski definition) is 5. The molecule has 1 saturated carbocycles. The molecule has 0 bridgehead atoms. The number of carbonyl (C=O) groups excluding carboxylic acids is 2. The maximum atomic E-state index is 12.9. The zero-order valence-electron chi connectivity index (χ0n) is 14.8. The molecule has 27 heavy (non-hydrogen) atoms. The predicted octanol–water partition coefficient (Wildman–Crippen LogP) is 2.56. The molecule has 2 aromatic rings. The van der Waals surface area contributed by atoms with Gasteiger partial charge in [-0.1, -0.05) is 12.1 Å². The Morgan fingerprint density at radius 1 is 1.00 bits per heavy atom. The fraction of sp³-hybridized carbons (Fsp3) is 0.400. The van der Waals surface area contributed by atoms with Crippen molar-refractivity contribution in [1.29, 1.82) is 0 Å². The number of carbonyl (C=O) groups is 2. The summed E-state index contributed by atoms with van der Waals surface area (Å²) in [5.74, 6) is 2.13. The summed E-state index contributed by atoms with van der Waals surface area (Å²) >= 11 is 1.46. The fourth-order valence-corrected chi connectivity index (χ4v) is 4.59. The Hall–Kier alpha value is -2.54. The number of rotatable bonds is 3. The molecule has 3 heterocycles. The summed E-state index contributed by atoms with van der Waals surface area (Å²) in [7, 11) is 0. The van der Waals surface area contributed by atoms with Crippen molar-refractivity contribution in [3.8, 4) is 11.5 Å². The summed E-state index contributed by atoms with van der Waals surface area (Å²) in [6.45, 7) is 2.69. The third-order valence-electron chi connectivity index (χ3n) is 5.54. The number of amides is 2. The van der Waals surface area contributed by atoms with Crippen LogP contribution in [0, 0.1) is 5.92 Å². The molecule has 0 unspecified atom stereocenters. The Balaban J connectivity index is 1.18. The number of piperazine rings is 1. The summed E-state index contributed by atoms with van der Waals surface area (Å²) in [6, 6.07) is 9.69. The van der Waals surface area contributed by atoms with Gasteiger partial charge in [0, 0.05) is 32.1 Å². The zero-order chi connectivity index (χ0) is 18.4. The van der Waals surface area contributed by atoms with E-state index in [-0.39, 0.29) is 30.4 Å². The molecule has 3 aliphatic rings. The van der Waals surface area contributed by atoms with Gasteiger partial charge >= 0.3 is 0 Å². The number of ether oxygens (including phenoxy) is 2. The molecule has 0 spiro atoms. The smallest absolute Gasteiger partial charge is 0.264 e. The van der Waals surface area contributed by atoms with Crippen molar-refractivity contribution in [3.63, 3.8) is 0 Å². The molecular formula is C20H20N2O4S. The van der Waals surface area contributed by atoms with Crippen LogP contribution in [0.3, 0.4) is 0 Å². The van der Waals surface area contributed by atoms with Crippen molar-refractivity contribution in [2.45, 2.75) is 12.3 Å². The van der Waals surface area contributed by atoms with Gasteiger partial charge in [-0.15, -0.1) is 11.3 Å². The lowest BCUT2D eigenvalue weighted by molar-refractivity contribution is -0.134. The van der Waals surface area contributed by atoms with Gasteiger partial charge in [0.1, 0.15) is 0 Å². The number of hydrogen-bond donors (Lipinski definition) is 0. The Morgan fingerprint density at radius 3 is 2.56 bits per heavy atom. The molecule has 1 aromatic carbocycles. The summed E-state index contributed by atoms with van der Waals surface area (Å²) in [5.41, 5.74) is 1.14. The van der Waals surface area contributed by atoms with Crippen LogP contribution in [-0.2, 0) is 4.79 Å². The minimum Gasteiger partial charge on any atom is -0.454 e. The van der Waals surface area contributed by atoms with Crippen LogP contribution >= 0.6 is 11.3 Å². The molecule has 0 radical (unpaired) electrons. The first-order valence-corrected chi connectivity index (χ1v) is 10.1. The fourth-order valence-electron chi connectivity index (χ4n) is 3.90. The number of thiophene rings is 1. The lowest BCUT2D eigenvalue weighted by atomic mass is 10.1. The molecule has 2 aliphatic heterocycles. The quantitative estimate of drug-likeness (QED) is 0.816. The van der Waals surface area contributed by atoms with E-state index >= 15 is 0 Å². The van der Waals surface area contributed by atoms with Crippen LogP contribution in [0.5, 0.6) is 11.5 Å². The molecule has 5 rings (SSSR count). The second-order valence-electron chi connectivity index (χ2n) is 7.16. The molecule has 6 nitrogen and oxygen atoms in total. The van der Waals surface area contributed by atoms with Gasteiger partial charge in [-0.2, -0.15) is 0 Å². The zero-order valence-corrected chi connectivity index (χ0v) is 15.6. The van der Waals surface area contributed by atoms with Gasteiger partial charge < -0.3 is 19.3 Å². The highest BCUT2D eigenvalue weighted by molar-refractivity contribution is 7.12. The van der Waals surface area contributed by atoms with Crippen LogP contribution in [0.25, 0.3) is 0 Å². The second-order valence-corrected chi connectivity index (χ2v) is 8.10. The van der Waals surface area contributed by atoms with E-state index in [1.54, 1.807) is 0 Å². The van der Waals surface area contributed by atoms with Crippen molar-refractivity contribution in [3.05, 3.63) is 46.2 Å². The van der Waals surface area contributed by atoms with E-state index in [0.717, 1.165) is 28.4 Å². The highest BCUT2D eigenvalue weighted by Crippen LogP contribution is 2.50. The first kappa shape index (κ1) is 16.6. The number of fused-ring (bicyclic) bond motifs is 1. The van der Waals surface area contributed by atoms with E-state index in [0.29, 0.717) is 26.2 Å². The van der Waals surface area contributed by atoms with Gasteiger partial charge in [-0.3, -0.25) is 9.59 Å². The SMILES string of the molecule is O=C(c1cccs1)N1CCN(C(=O)[C@@H]2C[C@@H]2c2ccc3c(c2)OCO3)CC1. The standard InChI is InChI=1S/C20H20N2O4S/c23-19(15-11-14(15)13-3-4-16-17(10-13)26-12-25-16)21-5-7-22(8-6-21)20(24)18-2-1-9-27-18/h1-4,9-10,14-15H,5-8,11-12H2/t14-,15-/m1/s1. The molecule has 140 valence electrons. The maximum Gasteiger partial charge on any atom is 0.264 e. The third kappa shape index (κ3) is 3.06. The molecule has 2 amide bonds. The average Bonchev–Trinajstić information content (AvgIpc) is 3.09. The van der Waals surface area contributed by atoms with Gasteiger partial charge in [-0.25, -0.2) is 0 Å². The Kier molecular flexibility index (Phi) is 4.04. The van der Waals surface area contributed by atoms with E-state index in [2.05, 4.69) is 0 Å². The van der Waals surface area contributed by atoms with Gasteiger partial charge in [0.2, 0.25) is 12.7 Å². The summed E-state index contributed by atoms with van der Waals surface area (Å²) in [4.78, 5) is 29.8. The van der Waals surface area contributed by atoms with Crippen molar-refractivity contribution >= 4 is 23.2 Å². The van der Waals surface area contributed by atoms with Crippen molar-refractivity contribution in [2.75, 3.05) is 33.0 Å². The molecular weight excluding hydrogens is 364 g/mol. The topological polar surface area (TPSA) is 59.1 Å². The number of benzene rings is 1. The Labute approximate surface area is 161 Å². The molecule has 1 aliphatic carbocycles. The van der Waals surface area contributed by atoms with Gasteiger partial charge in [-0.05, 0) is 41.5 Å². The van der Waals surface area contributed by atoms with Crippen molar-refractivity contribution in [2.24, 2.45) is 5.92 Å². The van der Waals surface area contributed by atoms with Crippen molar-refractivity contribution < 1.29 is 19.1 Å². The maximum absolute atomic E-state index is 12.9. The van der Waals surface area contributed by atoms with Crippen LogP contribution < -0.4 is 9.47 Å². The second kappa shape index (κ2) is 6.56. The van der Waals surface area contributed by atoms with E-state index in [1.807, 2.05) is 45.5 Å². The first-order valence-electron chi connectivity index (χ1n) is 9.22. The van der Waals surface area contributed by atoms with E-state index < -0.39 is 0 Å². The predicted molar refractivity (Wildman–Crippen MR) is 100 cm³/mol. The van der Waals surface area contributed by atoms with E-state index in [9.17, 15) is 9.59 Å². The van der Waals surface area contributed by atoms with Gasteiger partial charge in [0.25, 0.3) is 5.91 Å². The van der Waals surface area contributed by atoms with Crippen LogP contribution in [0.4, 0.5) is 0 Å². The summed E-state index contributed by atoms with van der Waals surface area (Å²) in [5, 5.41) is 1.91. The number of nitrogens with zero attached hydrogens (tertiary/aromatic N) is 2. The lowest BCUT2D eigenvalue weighted by Crippen LogP contribution is -2.51. The largest absolute Gasteiger partial charge is 0.454 e. The summed E-state index contributed by atoms with van der Waals surface area (Å²) in [6.07, 6.45) is 0.882. The first-order chi connectivity index (χ1) is 13.2. The Bertz CT molecular complexity index is 874. The third-order valence-corrected chi connectivity index (χ3v) is 6.40. The van der Waals surface area contributed by atoms with Crippen LogP contribution in [0.15, 0.2) is 35.7 Å². The molecule has 7 heteroatoms. The lowest BCUT2D eigenvalue weighted by Gasteiger charge is -2.34.